The van der Waals surface area contributed by atoms with E-state index in [1.165, 1.54) is 25.7 Å². The molecule has 0 aromatic heterocycles. The van der Waals surface area contributed by atoms with E-state index in [0.29, 0.717) is 25.4 Å². The highest BCUT2D eigenvalue weighted by atomic mass is 16.5. The number of carbonyl (C=O) groups is 2. The van der Waals surface area contributed by atoms with E-state index in [9.17, 15) is 9.59 Å². The van der Waals surface area contributed by atoms with E-state index in [2.05, 4.69) is 27.7 Å². The van der Waals surface area contributed by atoms with Crippen molar-refractivity contribution in [3.8, 4) is 0 Å². The topological polar surface area (TPSA) is 52.6 Å². The lowest BCUT2D eigenvalue weighted by molar-refractivity contribution is -0.151. The van der Waals surface area contributed by atoms with E-state index < -0.39 is 0 Å². The zero-order valence-corrected chi connectivity index (χ0v) is 19.1. The van der Waals surface area contributed by atoms with E-state index >= 15 is 0 Å². The molecular weight excluding hydrogens is 352 g/mol. The molecule has 0 spiro atoms. The molecule has 0 radical (unpaired) electrons. The van der Waals surface area contributed by atoms with Gasteiger partial charge in [0.2, 0.25) is 0 Å². The predicted octanol–water partition coefficient (Wildman–Crippen LogP) is 6.99. The van der Waals surface area contributed by atoms with Crippen LogP contribution in [0.1, 0.15) is 124 Å². The summed E-state index contributed by atoms with van der Waals surface area (Å²) in [6, 6.07) is 0. The summed E-state index contributed by atoms with van der Waals surface area (Å²) in [7, 11) is 0. The summed E-state index contributed by atoms with van der Waals surface area (Å²) >= 11 is 0. The molecule has 1 unspecified atom stereocenters. The Kier molecular flexibility index (Phi) is 18.5. The molecule has 0 aromatic carbocycles. The molecule has 0 aliphatic rings. The third kappa shape index (κ3) is 17.1. The molecule has 0 rings (SSSR count). The smallest absolute Gasteiger partial charge is 0.306 e. The first kappa shape index (κ1) is 26.9. The zero-order valence-electron chi connectivity index (χ0n) is 19.1. The molecule has 166 valence electrons. The summed E-state index contributed by atoms with van der Waals surface area (Å²) in [4.78, 5) is 23.5. The molecule has 0 N–H and O–H groups in total. The number of ether oxygens (including phenoxy) is 2. The molecule has 1 atom stereocenters. The summed E-state index contributed by atoms with van der Waals surface area (Å²) in [6.07, 6.45) is 15.4. The van der Waals surface area contributed by atoms with Gasteiger partial charge in [0.25, 0.3) is 0 Å². The van der Waals surface area contributed by atoms with Gasteiger partial charge in [-0.1, -0.05) is 85.5 Å². The average molecular weight is 399 g/mol. The molecule has 0 aliphatic carbocycles. The van der Waals surface area contributed by atoms with Crippen LogP contribution in [0.25, 0.3) is 0 Å². The maximum Gasteiger partial charge on any atom is 0.306 e. The van der Waals surface area contributed by atoms with Gasteiger partial charge in [-0.25, -0.2) is 0 Å². The molecule has 4 nitrogen and oxygen atoms in total. The van der Waals surface area contributed by atoms with Crippen LogP contribution in [0, 0.1) is 5.92 Å². The number of esters is 2. The molecule has 28 heavy (non-hydrogen) atoms. The van der Waals surface area contributed by atoms with Gasteiger partial charge in [-0.3, -0.25) is 9.59 Å². The van der Waals surface area contributed by atoms with Gasteiger partial charge in [-0.2, -0.15) is 0 Å². The van der Waals surface area contributed by atoms with Gasteiger partial charge in [0.05, 0.1) is 6.61 Å². The fraction of sp³-hybridized carbons (Fsp3) is 0.917. The Morgan fingerprint density at radius 3 is 1.71 bits per heavy atom. The summed E-state index contributed by atoms with van der Waals surface area (Å²) in [5.74, 6) is 0.270. The Morgan fingerprint density at radius 2 is 1.18 bits per heavy atom. The van der Waals surface area contributed by atoms with Crippen LogP contribution >= 0.6 is 0 Å². The number of unbranched alkanes of at least 4 members (excludes halogenated alkanes) is 10. The molecule has 0 aromatic rings. The monoisotopic (exact) mass is 398 g/mol. The van der Waals surface area contributed by atoms with Crippen molar-refractivity contribution < 1.29 is 19.1 Å². The van der Waals surface area contributed by atoms with Gasteiger partial charge < -0.3 is 9.47 Å². The van der Waals surface area contributed by atoms with Crippen molar-refractivity contribution in [2.24, 2.45) is 5.92 Å². The Morgan fingerprint density at radius 1 is 0.679 bits per heavy atom. The molecule has 0 fully saturated rings. The van der Waals surface area contributed by atoms with Gasteiger partial charge >= 0.3 is 11.9 Å². The minimum atomic E-state index is -0.0614. The fourth-order valence-electron chi connectivity index (χ4n) is 3.30. The summed E-state index contributed by atoms with van der Waals surface area (Å²) in [5, 5.41) is 0. The van der Waals surface area contributed by atoms with E-state index in [1.807, 2.05) is 0 Å². The van der Waals surface area contributed by atoms with Crippen molar-refractivity contribution in [3.63, 3.8) is 0 Å². The highest BCUT2D eigenvalue weighted by Gasteiger charge is 2.15. The summed E-state index contributed by atoms with van der Waals surface area (Å²) in [5.41, 5.74) is 0. The Labute approximate surface area is 174 Å². The van der Waals surface area contributed by atoms with Crippen LogP contribution in [0.15, 0.2) is 0 Å². The fourth-order valence-corrected chi connectivity index (χ4v) is 3.30. The summed E-state index contributed by atoms with van der Waals surface area (Å²) in [6.45, 7) is 9.03. The standard InChI is InChI=1S/C24H46O4/c1-5-7-8-9-14-17-20-27-23(25)18-15-12-10-11-13-16-19-24(26)28-22(6-2)21(3)4/h21-22H,5-20H2,1-4H3. The highest BCUT2D eigenvalue weighted by Crippen LogP contribution is 2.14. The minimum Gasteiger partial charge on any atom is -0.466 e. The lowest BCUT2D eigenvalue weighted by Gasteiger charge is -2.19. The third-order valence-corrected chi connectivity index (χ3v) is 5.20. The number of carbonyl (C=O) groups excluding carboxylic acids is 2. The molecule has 0 saturated carbocycles. The van der Waals surface area contributed by atoms with Crippen molar-refractivity contribution in [2.45, 2.75) is 130 Å². The van der Waals surface area contributed by atoms with Gasteiger partial charge in [-0.05, 0) is 31.6 Å². The second-order valence-corrected chi connectivity index (χ2v) is 8.29. The third-order valence-electron chi connectivity index (χ3n) is 5.20. The van der Waals surface area contributed by atoms with Crippen molar-refractivity contribution in [1.82, 2.24) is 0 Å². The lowest BCUT2D eigenvalue weighted by atomic mass is 10.1. The number of hydrogen-bond donors (Lipinski definition) is 0. The van der Waals surface area contributed by atoms with Crippen LogP contribution < -0.4 is 0 Å². The molecule has 0 amide bonds. The molecule has 0 bridgehead atoms. The van der Waals surface area contributed by atoms with E-state index in [1.54, 1.807) is 0 Å². The van der Waals surface area contributed by atoms with E-state index in [0.717, 1.165) is 57.8 Å². The molecule has 0 aliphatic heterocycles. The van der Waals surface area contributed by atoms with Crippen molar-refractivity contribution in [3.05, 3.63) is 0 Å². The number of rotatable bonds is 19. The normalized spacial score (nSPS) is 12.2. The predicted molar refractivity (Wildman–Crippen MR) is 116 cm³/mol. The van der Waals surface area contributed by atoms with Crippen molar-refractivity contribution in [1.29, 1.82) is 0 Å². The second kappa shape index (κ2) is 19.3. The van der Waals surface area contributed by atoms with Gasteiger partial charge in [0, 0.05) is 12.8 Å². The Balaban J connectivity index is 3.40. The average Bonchev–Trinajstić information content (AvgIpc) is 2.67. The Bertz CT molecular complexity index is 379. The van der Waals surface area contributed by atoms with Crippen molar-refractivity contribution in [2.75, 3.05) is 6.61 Å². The first-order chi connectivity index (χ1) is 13.5. The molecular formula is C24H46O4. The molecule has 0 heterocycles. The maximum absolute atomic E-state index is 11.8. The zero-order chi connectivity index (χ0) is 21.0. The summed E-state index contributed by atoms with van der Waals surface area (Å²) < 4.78 is 10.8. The van der Waals surface area contributed by atoms with Gasteiger partial charge in [0.15, 0.2) is 0 Å². The minimum absolute atomic E-state index is 0.0491. The quantitative estimate of drug-likeness (QED) is 0.174. The Hall–Kier alpha value is -1.06. The van der Waals surface area contributed by atoms with Crippen LogP contribution in [-0.4, -0.2) is 24.6 Å². The van der Waals surface area contributed by atoms with Crippen LogP contribution in [0.2, 0.25) is 0 Å². The van der Waals surface area contributed by atoms with Crippen LogP contribution in [-0.2, 0) is 19.1 Å². The van der Waals surface area contributed by atoms with Crippen molar-refractivity contribution >= 4 is 11.9 Å². The first-order valence-corrected chi connectivity index (χ1v) is 11.9. The maximum atomic E-state index is 11.8. The van der Waals surface area contributed by atoms with Crippen LogP contribution in [0.5, 0.6) is 0 Å². The SMILES string of the molecule is CCCCCCCCOC(=O)CCCCCCCCC(=O)OC(CC)C(C)C. The lowest BCUT2D eigenvalue weighted by Crippen LogP contribution is -2.22. The largest absolute Gasteiger partial charge is 0.466 e. The van der Waals surface area contributed by atoms with E-state index in [4.69, 9.17) is 9.47 Å². The van der Waals surface area contributed by atoms with Crippen LogP contribution in [0.4, 0.5) is 0 Å². The molecule has 0 saturated heterocycles. The highest BCUT2D eigenvalue weighted by molar-refractivity contribution is 5.69. The second-order valence-electron chi connectivity index (χ2n) is 8.29. The van der Waals surface area contributed by atoms with Crippen LogP contribution in [0.3, 0.4) is 0 Å². The van der Waals surface area contributed by atoms with E-state index in [-0.39, 0.29) is 18.0 Å². The first-order valence-electron chi connectivity index (χ1n) is 11.9. The van der Waals surface area contributed by atoms with Gasteiger partial charge in [0.1, 0.15) is 6.10 Å². The number of hydrogen-bond acceptors (Lipinski definition) is 4. The molecule has 4 heteroatoms. The van der Waals surface area contributed by atoms with Gasteiger partial charge in [-0.15, -0.1) is 0 Å².